The molecule has 0 unspecified atom stereocenters. The smallest absolute Gasteiger partial charge is 0.305 e. The van der Waals surface area contributed by atoms with Crippen LogP contribution in [0, 0.1) is 0 Å². The standard InChI is InChI=1S/C13H21N5O5/c19-11(20)2-4-14-12(21)9-8-10(18-23-9)22-7-1-3-15-13-16-5-6-17-13/h8,13,15-17H,1-7H2,(H,14,21)(H,19,20). The van der Waals surface area contributed by atoms with Gasteiger partial charge in [0.2, 0.25) is 5.76 Å². The molecular formula is C13H21N5O5. The summed E-state index contributed by atoms with van der Waals surface area (Å²) in [6, 6.07) is 1.38. The maximum atomic E-state index is 11.6. The molecule has 23 heavy (non-hydrogen) atoms. The fourth-order valence-corrected chi connectivity index (χ4v) is 1.95. The van der Waals surface area contributed by atoms with Crippen molar-refractivity contribution in [2.24, 2.45) is 0 Å². The number of carboxylic acids is 1. The molecule has 10 heteroatoms. The Labute approximate surface area is 132 Å². The molecule has 128 valence electrons. The number of hydrogen-bond donors (Lipinski definition) is 5. The number of carbonyl (C=O) groups is 2. The number of nitrogens with zero attached hydrogens (tertiary/aromatic N) is 1. The zero-order chi connectivity index (χ0) is 16.5. The average Bonchev–Trinajstić information content (AvgIpc) is 3.17. The zero-order valence-electron chi connectivity index (χ0n) is 12.6. The minimum Gasteiger partial charge on any atom is -0.481 e. The van der Waals surface area contributed by atoms with Gasteiger partial charge in [-0.2, -0.15) is 0 Å². The van der Waals surface area contributed by atoms with Gasteiger partial charge in [0.15, 0.2) is 0 Å². The molecule has 0 bridgehead atoms. The average molecular weight is 327 g/mol. The highest BCUT2D eigenvalue weighted by Gasteiger charge is 2.14. The predicted molar refractivity (Wildman–Crippen MR) is 79.0 cm³/mol. The molecule has 0 spiro atoms. The molecule has 0 aromatic carbocycles. The van der Waals surface area contributed by atoms with Crippen LogP contribution in [0.1, 0.15) is 23.4 Å². The SMILES string of the molecule is O=C(O)CCNC(=O)c1cc(OCCCNC2NCCN2)no1. The molecule has 0 saturated carbocycles. The fourth-order valence-electron chi connectivity index (χ4n) is 1.95. The Bertz CT molecular complexity index is 515. The first-order chi connectivity index (χ1) is 11.1. The molecule has 1 aromatic heterocycles. The second-order valence-electron chi connectivity index (χ2n) is 4.93. The van der Waals surface area contributed by atoms with Crippen LogP contribution in [0.25, 0.3) is 0 Å². The summed E-state index contributed by atoms with van der Waals surface area (Å²) in [6.45, 7) is 3.13. The Balaban J connectivity index is 1.60. The van der Waals surface area contributed by atoms with Gasteiger partial charge in [0, 0.05) is 26.2 Å². The van der Waals surface area contributed by atoms with Crippen LogP contribution in [0.4, 0.5) is 0 Å². The number of hydrogen-bond acceptors (Lipinski definition) is 8. The number of ether oxygens (including phenoxy) is 1. The maximum Gasteiger partial charge on any atom is 0.305 e. The van der Waals surface area contributed by atoms with Crippen molar-refractivity contribution in [1.29, 1.82) is 0 Å². The molecule has 0 atom stereocenters. The second kappa shape index (κ2) is 9.08. The summed E-state index contributed by atoms with van der Waals surface area (Å²) in [5.74, 6) is -1.29. The first-order valence-electron chi connectivity index (χ1n) is 7.45. The number of amides is 1. The van der Waals surface area contributed by atoms with Crippen molar-refractivity contribution in [3.63, 3.8) is 0 Å². The normalized spacial score (nSPS) is 14.8. The van der Waals surface area contributed by atoms with Crippen LogP contribution in [0.3, 0.4) is 0 Å². The first kappa shape index (κ1) is 17.2. The van der Waals surface area contributed by atoms with Crippen molar-refractivity contribution in [1.82, 2.24) is 26.4 Å². The molecule has 1 aliphatic heterocycles. The molecule has 1 fully saturated rings. The van der Waals surface area contributed by atoms with Gasteiger partial charge in [0.05, 0.1) is 19.1 Å². The fraction of sp³-hybridized carbons (Fsp3) is 0.615. The molecule has 0 aliphatic carbocycles. The van der Waals surface area contributed by atoms with E-state index in [1.807, 2.05) is 0 Å². The summed E-state index contributed by atoms with van der Waals surface area (Å²) >= 11 is 0. The number of carboxylic acid groups (broad SMARTS) is 1. The Morgan fingerprint density at radius 2 is 2.17 bits per heavy atom. The van der Waals surface area contributed by atoms with Gasteiger partial charge in [0.25, 0.3) is 11.8 Å². The Morgan fingerprint density at radius 1 is 1.39 bits per heavy atom. The molecule has 2 heterocycles. The van der Waals surface area contributed by atoms with E-state index in [0.717, 1.165) is 26.1 Å². The molecular weight excluding hydrogens is 306 g/mol. The van der Waals surface area contributed by atoms with E-state index < -0.39 is 11.9 Å². The van der Waals surface area contributed by atoms with Crippen molar-refractivity contribution in [3.8, 4) is 5.88 Å². The number of carbonyl (C=O) groups excluding carboxylic acids is 1. The van der Waals surface area contributed by atoms with E-state index in [1.54, 1.807) is 0 Å². The maximum absolute atomic E-state index is 11.6. The van der Waals surface area contributed by atoms with Gasteiger partial charge in [0.1, 0.15) is 6.29 Å². The lowest BCUT2D eigenvalue weighted by Crippen LogP contribution is -2.45. The molecule has 10 nitrogen and oxygen atoms in total. The van der Waals surface area contributed by atoms with Crippen molar-refractivity contribution < 1.29 is 24.0 Å². The first-order valence-corrected chi connectivity index (χ1v) is 7.45. The van der Waals surface area contributed by atoms with Crippen LogP contribution in [0.2, 0.25) is 0 Å². The van der Waals surface area contributed by atoms with Gasteiger partial charge in [-0.25, -0.2) is 0 Å². The lowest BCUT2D eigenvalue weighted by molar-refractivity contribution is -0.136. The van der Waals surface area contributed by atoms with E-state index in [4.69, 9.17) is 14.4 Å². The van der Waals surface area contributed by atoms with E-state index in [2.05, 4.69) is 26.4 Å². The van der Waals surface area contributed by atoms with Crippen molar-refractivity contribution in [2.45, 2.75) is 19.1 Å². The molecule has 5 N–H and O–H groups in total. The molecule has 1 saturated heterocycles. The third kappa shape index (κ3) is 6.22. The van der Waals surface area contributed by atoms with E-state index in [0.29, 0.717) is 6.61 Å². The van der Waals surface area contributed by atoms with E-state index in [1.165, 1.54) is 6.07 Å². The Kier molecular flexibility index (Phi) is 6.78. The van der Waals surface area contributed by atoms with Crippen molar-refractivity contribution in [2.75, 3.05) is 32.8 Å². The number of nitrogens with one attached hydrogen (secondary N) is 4. The second-order valence-corrected chi connectivity index (χ2v) is 4.93. The van der Waals surface area contributed by atoms with E-state index in [-0.39, 0.29) is 30.9 Å². The van der Waals surface area contributed by atoms with Crippen LogP contribution in [0.5, 0.6) is 5.88 Å². The van der Waals surface area contributed by atoms with Gasteiger partial charge >= 0.3 is 5.97 Å². The summed E-state index contributed by atoms with van der Waals surface area (Å²) in [5.41, 5.74) is 0. The predicted octanol–water partition coefficient (Wildman–Crippen LogP) is -1.29. The van der Waals surface area contributed by atoms with Crippen molar-refractivity contribution in [3.05, 3.63) is 11.8 Å². The minimum absolute atomic E-state index is 0.0112. The van der Waals surface area contributed by atoms with E-state index in [9.17, 15) is 9.59 Å². The van der Waals surface area contributed by atoms with Crippen LogP contribution in [-0.4, -0.2) is 61.2 Å². The minimum atomic E-state index is -0.983. The van der Waals surface area contributed by atoms with Crippen LogP contribution < -0.4 is 26.0 Å². The summed E-state index contributed by atoms with van der Waals surface area (Å²) in [5, 5.41) is 24.3. The highest BCUT2D eigenvalue weighted by Crippen LogP contribution is 2.11. The van der Waals surface area contributed by atoms with Gasteiger partial charge in [-0.1, -0.05) is 0 Å². The van der Waals surface area contributed by atoms with Crippen LogP contribution >= 0.6 is 0 Å². The monoisotopic (exact) mass is 327 g/mol. The Morgan fingerprint density at radius 3 is 2.91 bits per heavy atom. The number of aliphatic carboxylic acids is 1. The molecule has 2 rings (SSSR count). The highest BCUT2D eigenvalue weighted by molar-refractivity contribution is 5.91. The zero-order valence-corrected chi connectivity index (χ0v) is 12.6. The summed E-state index contributed by atoms with van der Waals surface area (Å²) < 4.78 is 10.2. The summed E-state index contributed by atoms with van der Waals surface area (Å²) in [6.07, 6.45) is 0.761. The van der Waals surface area contributed by atoms with Gasteiger partial charge < -0.3 is 19.7 Å². The van der Waals surface area contributed by atoms with Gasteiger partial charge in [-0.3, -0.25) is 25.5 Å². The topological polar surface area (TPSA) is 138 Å². The third-order valence-electron chi connectivity index (χ3n) is 3.08. The van der Waals surface area contributed by atoms with Crippen LogP contribution in [-0.2, 0) is 4.79 Å². The summed E-state index contributed by atoms with van der Waals surface area (Å²) in [4.78, 5) is 22.0. The molecule has 1 aliphatic rings. The molecule has 1 amide bonds. The van der Waals surface area contributed by atoms with Crippen molar-refractivity contribution >= 4 is 11.9 Å². The number of aromatic nitrogens is 1. The number of rotatable bonds is 10. The highest BCUT2D eigenvalue weighted by atomic mass is 16.5. The van der Waals surface area contributed by atoms with E-state index >= 15 is 0 Å². The Hall–Kier alpha value is -2.17. The van der Waals surface area contributed by atoms with Gasteiger partial charge in [-0.15, -0.1) is 0 Å². The third-order valence-corrected chi connectivity index (χ3v) is 3.08. The van der Waals surface area contributed by atoms with Gasteiger partial charge in [-0.05, 0) is 11.6 Å². The molecule has 1 aromatic rings. The van der Waals surface area contributed by atoms with Crippen LogP contribution in [0.15, 0.2) is 10.6 Å². The summed E-state index contributed by atoms with van der Waals surface area (Å²) in [7, 11) is 0. The largest absolute Gasteiger partial charge is 0.481 e. The molecule has 0 radical (unpaired) electrons. The lowest BCUT2D eigenvalue weighted by Gasteiger charge is -2.12. The quantitative estimate of drug-likeness (QED) is 0.332. The lowest BCUT2D eigenvalue weighted by atomic mass is 10.4.